The average molecular weight is 229 g/mol. The molecular formula is C14H19N3. The average Bonchev–Trinajstić information content (AvgIpc) is 2.81. The molecule has 0 unspecified atom stereocenters. The summed E-state index contributed by atoms with van der Waals surface area (Å²) in [4.78, 5) is 2.42. The predicted octanol–water partition coefficient (Wildman–Crippen LogP) is 2.62. The van der Waals surface area contributed by atoms with Crippen molar-refractivity contribution < 1.29 is 0 Å². The van der Waals surface area contributed by atoms with Crippen molar-refractivity contribution in [3.05, 3.63) is 11.1 Å². The van der Waals surface area contributed by atoms with Crippen molar-refractivity contribution in [1.82, 2.24) is 4.90 Å². The van der Waals surface area contributed by atoms with Crippen LogP contribution in [-0.2, 0) is 0 Å². The third kappa shape index (κ3) is 3.08. The van der Waals surface area contributed by atoms with E-state index in [4.69, 9.17) is 10.5 Å². The number of hydrogen-bond acceptors (Lipinski definition) is 3. The van der Waals surface area contributed by atoms with Crippen molar-refractivity contribution in [2.24, 2.45) is 5.92 Å². The van der Waals surface area contributed by atoms with Gasteiger partial charge < -0.3 is 0 Å². The second-order valence-corrected chi connectivity index (χ2v) is 5.19. The molecule has 3 heteroatoms. The first-order valence-corrected chi connectivity index (χ1v) is 6.58. The van der Waals surface area contributed by atoms with Gasteiger partial charge in [0.2, 0.25) is 0 Å². The fourth-order valence-corrected chi connectivity index (χ4v) is 3.00. The van der Waals surface area contributed by atoms with E-state index >= 15 is 0 Å². The molecule has 0 atom stereocenters. The van der Waals surface area contributed by atoms with E-state index < -0.39 is 0 Å². The molecule has 2 aliphatic rings. The van der Waals surface area contributed by atoms with E-state index in [1.165, 1.54) is 32.1 Å². The van der Waals surface area contributed by atoms with Gasteiger partial charge in [-0.25, -0.2) is 0 Å². The highest BCUT2D eigenvalue weighted by Crippen LogP contribution is 2.27. The van der Waals surface area contributed by atoms with E-state index in [1.807, 2.05) is 12.1 Å². The summed E-state index contributed by atoms with van der Waals surface area (Å²) in [7, 11) is 0. The van der Waals surface area contributed by atoms with E-state index in [0.29, 0.717) is 5.57 Å². The molecule has 1 aliphatic carbocycles. The minimum absolute atomic E-state index is 0.344. The lowest BCUT2D eigenvalue weighted by Crippen LogP contribution is -2.28. The normalized spacial score (nSPS) is 22.1. The Morgan fingerprint density at radius 3 is 2.53 bits per heavy atom. The molecule has 1 heterocycles. The van der Waals surface area contributed by atoms with Gasteiger partial charge in [0, 0.05) is 19.6 Å². The molecule has 90 valence electrons. The summed E-state index contributed by atoms with van der Waals surface area (Å²) in [5.74, 6) is 0.843. The van der Waals surface area contributed by atoms with Gasteiger partial charge in [-0.2, -0.15) is 10.5 Å². The van der Waals surface area contributed by atoms with Gasteiger partial charge >= 0.3 is 0 Å². The molecule has 1 saturated carbocycles. The van der Waals surface area contributed by atoms with Gasteiger partial charge in [-0.05, 0) is 30.8 Å². The van der Waals surface area contributed by atoms with Gasteiger partial charge in [-0.15, -0.1) is 0 Å². The van der Waals surface area contributed by atoms with Gasteiger partial charge in [-0.1, -0.05) is 19.3 Å². The Balaban J connectivity index is 1.88. The summed E-state index contributed by atoms with van der Waals surface area (Å²) in [6.45, 7) is 3.03. The van der Waals surface area contributed by atoms with E-state index in [2.05, 4.69) is 4.90 Å². The molecule has 0 aromatic rings. The molecule has 2 fully saturated rings. The molecule has 0 N–H and O–H groups in total. The van der Waals surface area contributed by atoms with Crippen LogP contribution < -0.4 is 0 Å². The number of rotatable bonds is 2. The van der Waals surface area contributed by atoms with Gasteiger partial charge in [0.25, 0.3) is 0 Å². The van der Waals surface area contributed by atoms with Crippen molar-refractivity contribution in [2.45, 2.75) is 38.5 Å². The van der Waals surface area contributed by atoms with E-state index in [0.717, 1.165) is 37.5 Å². The van der Waals surface area contributed by atoms with Crippen LogP contribution in [0.15, 0.2) is 11.1 Å². The fraction of sp³-hybridized carbons (Fsp3) is 0.714. The van der Waals surface area contributed by atoms with Crippen molar-refractivity contribution in [1.29, 1.82) is 10.5 Å². The molecule has 0 aromatic carbocycles. The van der Waals surface area contributed by atoms with Crippen LogP contribution in [-0.4, -0.2) is 24.5 Å². The molecule has 17 heavy (non-hydrogen) atoms. The van der Waals surface area contributed by atoms with Gasteiger partial charge in [0.05, 0.1) is 0 Å². The first kappa shape index (κ1) is 12.1. The second-order valence-electron chi connectivity index (χ2n) is 5.19. The molecule has 0 amide bonds. The molecule has 0 bridgehead atoms. The molecule has 0 radical (unpaired) electrons. The van der Waals surface area contributed by atoms with Gasteiger partial charge in [-0.3, -0.25) is 4.90 Å². The van der Waals surface area contributed by atoms with Crippen molar-refractivity contribution in [3.8, 4) is 12.1 Å². The van der Waals surface area contributed by atoms with Crippen LogP contribution in [0, 0.1) is 28.6 Å². The van der Waals surface area contributed by atoms with Crippen LogP contribution in [0.3, 0.4) is 0 Å². The Bertz CT molecular complexity index is 361. The van der Waals surface area contributed by atoms with Crippen molar-refractivity contribution >= 4 is 0 Å². The van der Waals surface area contributed by atoms with Crippen LogP contribution in [0.1, 0.15) is 38.5 Å². The van der Waals surface area contributed by atoms with Crippen LogP contribution in [0.2, 0.25) is 0 Å². The third-order valence-corrected chi connectivity index (χ3v) is 3.96. The van der Waals surface area contributed by atoms with Crippen molar-refractivity contribution in [2.75, 3.05) is 19.6 Å². The molecule has 0 aromatic heterocycles. The maximum Gasteiger partial charge on any atom is 0.130 e. The van der Waals surface area contributed by atoms with Gasteiger partial charge in [0.15, 0.2) is 0 Å². The van der Waals surface area contributed by atoms with Crippen LogP contribution in [0.5, 0.6) is 0 Å². The van der Waals surface area contributed by atoms with Crippen molar-refractivity contribution in [3.63, 3.8) is 0 Å². The Kier molecular flexibility index (Phi) is 4.18. The largest absolute Gasteiger partial charge is 0.299 e. The first-order chi connectivity index (χ1) is 8.33. The summed E-state index contributed by atoms with van der Waals surface area (Å²) >= 11 is 0. The summed E-state index contributed by atoms with van der Waals surface area (Å²) in [6.07, 6.45) is 7.78. The predicted molar refractivity (Wildman–Crippen MR) is 65.9 cm³/mol. The molecule has 1 aliphatic heterocycles. The zero-order valence-electron chi connectivity index (χ0n) is 10.3. The minimum Gasteiger partial charge on any atom is -0.299 e. The van der Waals surface area contributed by atoms with Crippen LogP contribution in [0.4, 0.5) is 0 Å². The SMILES string of the molecule is N#CC(C#N)=C1CCN(CC2CCCCC2)C1. The molecule has 0 spiro atoms. The molecule has 2 rings (SSSR count). The molecule has 1 saturated heterocycles. The number of hydrogen-bond donors (Lipinski definition) is 0. The number of likely N-dealkylation sites (tertiary alicyclic amines) is 1. The number of allylic oxidation sites excluding steroid dienone is 1. The highest BCUT2D eigenvalue weighted by atomic mass is 15.1. The zero-order valence-corrected chi connectivity index (χ0v) is 10.3. The Hall–Kier alpha value is -1.32. The monoisotopic (exact) mass is 229 g/mol. The minimum atomic E-state index is 0.344. The Morgan fingerprint density at radius 2 is 1.88 bits per heavy atom. The lowest BCUT2D eigenvalue weighted by Gasteiger charge is -2.26. The van der Waals surface area contributed by atoms with Gasteiger partial charge in [0.1, 0.15) is 17.7 Å². The third-order valence-electron chi connectivity index (χ3n) is 3.96. The topological polar surface area (TPSA) is 50.8 Å². The zero-order chi connectivity index (χ0) is 12.1. The van der Waals surface area contributed by atoms with E-state index in [1.54, 1.807) is 0 Å². The highest BCUT2D eigenvalue weighted by Gasteiger charge is 2.23. The van der Waals surface area contributed by atoms with Crippen LogP contribution in [0.25, 0.3) is 0 Å². The second kappa shape index (κ2) is 5.84. The maximum absolute atomic E-state index is 8.85. The van der Waals surface area contributed by atoms with E-state index in [-0.39, 0.29) is 0 Å². The Labute approximate surface area is 103 Å². The fourth-order valence-electron chi connectivity index (χ4n) is 3.00. The lowest BCUT2D eigenvalue weighted by molar-refractivity contribution is 0.237. The maximum atomic E-state index is 8.85. The number of nitrogens with zero attached hydrogens (tertiary/aromatic N) is 3. The standard InChI is InChI=1S/C14H19N3/c15-8-14(9-16)13-6-7-17(11-13)10-12-4-2-1-3-5-12/h12H,1-7,10-11H2. The first-order valence-electron chi connectivity index (χ1n) is 6.58. The summed E-state index contributed by atoms with van der Waals surface area (Å²) < 4.78 is 0. The van der Waals surface area contributed by atoms with Crippen LogP contribution >= 0.6 is 0 Å². The Morgan fingerprint density at radius 1 is 1.18 bits per heavy atom. The number of nitriles is 2. The molecule has 3 nitrogen and oxygen atoms in total. The lowest BCUT2D eigenvalue weighted by atomic mass is 9.89. The summed E-state index contributed by atoms with van der Waals surface area (Å²) in [6, 6.07) is 4.02. The quantitative estimate of drug-likeness (QED) is 0.684. The smallest absolute Gasteiger partial charge is 0.130 e. The summed E-state index contributed by atoms with van der Waals surface area (Å²) in [5.41, 5.74) is 1.39. The summed E-state index contributed by atoms with van der Waals surface area (Å²) in [5, 5.41) is 17.7. The van der Waals surface area contributed by atoms with E-state index in [9.17, 15) is 0 Å². The highest BCUT2D eigenvalue weighted by molar-refractivity contribution is 5.41. The molecular weight excluding hydrogens is 210 g/mol.